The van der Waals surface area contributed by atoms with Gasteiger partial charge in [-0.3, -0.25) is 4.79 Å². The Bertz CT molecular complexity index is 773. The largest absolute Gasteiger partial charge is 0.454 e. The Labute approximate surface area is 126 Å². The first-order valence-electron chi connectivity index (χ1n) is 6.84. The number of aromatic nitrogens is 1. The first-order chi connectivity index (χ1) is 10.2. The van der Waals surface area contributed by atoms with E-state index in [1.54, 1.807) is 6.08 Å². The quantitative estimate of drug-likeness (QED) is 0.816. The predicted octanol–water partition coefficient (Wildman–Crippen LogP) is 2.84. The molecular formula is C15H16N2O3S. The highest BCUT2D eigenvalue weighted by atomic mass is 32.1. The summed E-state index contributed by atoms with van der Waals surface area (Å²) < 4.78 is 13.8. The van der Waals surface area contributed by atoms with Crippen molar-refractivity contribution in [3.63, 3.8) is 0 Å². The third-order valence-electron chi connectivity index (χ3n) is 3.17. The SMILES string of the molecule is C=CCn1c(=NC(=O)CCC)sc2cc3c(cc21)OCO3. The minimum atomic E-state index is -0.0955. The van der Waals surface area contributed by atoms with Crippen LogP contribution in [0.15, 0.2) is 29.8 Å². The van der Waals surface area contributed by atoms with Crippen LogP contribution in [0.2, 0.25) is 0 Å². The van der Waals surface area contributed by atoms with Crippen molar-refractivity contribution in [2.24, 2.45) is 4.99 Å². The Hall–Kier alpha value is -2.08. The Kier molecular flexibility index (Phi) is 3.79. The van der Waals surface area contributed by atoms with Crippen molar-refractivity contribution in [1.82, 2.24) is 4.57 Å². The highest BCUT2D eigenvalue weighted by molar-refractivity contribution is 7.16. The Morgan fingerprint density at radius 2 is 2.24 bits per heavy atom. The summed E-state index contributed by atoms with van der Waals surface area (Å²) >= 11 is 1.48. The number of allylic oxidation sites excluding steroid dienone is 1. The summed E-state index contributed by atoms with van der Waals surface area (Å²) in [6, 6.07) is 3.87. The van der Waals surface area contributed by atoms with Crippen LogP contribution in [0.5, 0.6) is 11.5 Å². The highest BCUT2D eigenvalue weighted by Gasteiger charge is 2.17. The number of amides is 1. The van der Waals surface area contributed by atoms with E-state index in [4.69, 9.17) is 9.47 Å². The second-order valence-corrected chi connectivity index (χ2v) is 5.72. The maximum Gasteiger partial charge on any atom is 0.248 e. The molecule has 110 valence electrons. The molecule has 1 aromatic carbocycles. The Morgan fingerprint density at radius 1 is 1.48 bits per heavy atom. The molecule has 5 nitrogen and oxygen atoms in total. The van der Waals surface area contributed by atoms with Gasteiger partial charge in [-0.15, -0.1) is 6.58 Å². The number of carbonyl (C=O) groups excluding carboxylic acids is 1. The molecule has 1 aliphatic heterocycles. The Morgan fingerprint density at radius 3 is 2.95 bits per heavy atom. The molecule has 0 N–H and O–H groups in total. The van der Waals surface area contributed by atoms with Gasteiger partial charge in [0.2, 0.25) is 12.7 Å². The van der Waals surface area contributed by atoms with Gasteiger partial charge in [0.25, 0.3) is 0 Å². The molecule has 0 saturated carbocycles. The molecule has 2 aromatic rings. The number of carbonyl (C=O) groups is 1. The standard InChI is InChI=1S/C15H16N2O3S/c1-3-5-14(18)16-15-17(6-4-2)10-7-11-12(20-9-19-11)8-13(10)21-15/h4,7-8H,2-3,5-6,9H2,1H3. The molecule has 0 atom stereocenters. The van der Waals surface area contributed by atoms with E-state index in [0.717, 1.165) is 28.1 Å². The third-order valence-corrected chi connectivity index (χ3v) is 4.21. The van der Waals surface area contributed by atoms with Gasteiger partial charge in [0, 0.05) is 25.1 Å². The van der Waals surface area contributed by atoms with Crippen molar-refractivity contribution in [2.75, 3.05) is 6.79 Å². The summed E-state index contributed by atoms with van der Waals surface area (Å²) in [6.45, 7) is 6.59. The molecule has 1 amide bonds. The number of fused-ring (bicyclic) bond motifs is 2. The van der Waals surface area contributed by atoms with Gasteiger partial charge in [0.15, 0.2) is 16.3 Å². The summed E-state index contributed by atoms with van der Waals surface area (Å²) in [5.74, 6) is 1.37. The monoisotopic (exact) mass is 304 g/mol. The summed E-state index contributed by atoms with van der Waals surface area (Å²) in [7, 11) is 0. The minimum Gasteiger partial charge on any atom is -0.454 e. The lowest BCUT2D eigenvalue weighted by atomic mass is 10.3. The fraction of sp³-hybridized carbons (Fsp3) is 0.333. The van der Waals surface area contributed by atoms with E-state index >= 15 is 0 Å². The topological polar surface area (TPSA) is 52.8 Å². The van der Waals surface area contributed by atoms with Crippen molar-refractivity contribution in [3.05, 3.63) is 29.6 Å². The average molecular weight is 304 g/mol. The van der Waals surface area contributed by atoms with Crippen molar-refractivity contribution < 1.29 is 14.3 Å². The number of ether oxygens (including phenoxy) is 2. The molecular weight excluding hydrogens is 288 g/mol. The first kappa shape index (κ1) is 13.9. The molecule has 0 unspecified atom stereocenters. The van der Waals surface area contributed by atoms with E-state index in [1.165, 1.54) is 11.3 Å². The van der Waals surface area contributed by atoms with Crippen LogP contribution in [-0.2, 0) is 11.3 Å². The number of hydrogen-bond acceptors (Lipinski definition) is 4. The van der Waals surface area contributed by atoms with E-state index in [9.17, 15) is 4.79 Å². The number of rotatable bonds is 4. The molecule has 21 heavy (non-hydrogen) atoms. The predicted molar refractivity (Wildman–Crippen MR) is 81.6 cm³/mol. The van der Waals surface area contributed by atoms with Gasteiger partial charge < -0.3 is 14.0 Å². The van der Waals surface area contributed by atoms with Crippen molar-refractivity contribution >= 4 is 27.5 Å². The normalized spacial score (nSPS) is 13.9. The Balaban J connectivity index is 2.18. The van der Waals surface area contributed by atoms with Crippen LogP contribution in [0.3, 0.4) is 0 Å². The minimum absolute atomic E-state index is 0.0955. The lowest BCUT2D eigenvalue weighted by molar-refractivity contribution is -0.118. The second-order valence-electron chi connectivity index (χ2n) is 4.71. The van der Waals surface area contributed by atoms with Crippen molar-refractivity contribution in [2.45, 2.75) is 26.3 Å². The number of thiazole rings is 1. The fourth-order valence-corrected chi connectivity index (χ4v) is 3.29. The van der Waals surface area contributed by atoms with E-state index in [1.807, 2.05) is 23.6 Å². The number of benzene rings is 1. The van der Waals surface area contributed by atoms with Crippen LogP contribution in [-0.4, -0.2) is 17.3 Å². The van der Waals surface area contributed by atoms with Crippen LogP contribution in [0.1, 0.15) is 19.8 Å². The van der Waals surface area contributed by atoms with Crippen molar-refractivity contribution in [1.29, 1.82) is 0 Å². The average Bonchev–Trinajstić information content (AvgIpc) is 3.02. The van der Waals surface area contributed by atoms with Gasteiger partial charge in [-0.25, -0.2) is 0 Å². The van der Waals surface area contributed by atoms with Crippen molar-refractivity contribution in [3.8, 4) is 11.5 Å². The summed E-state index contributed by atoms with van der Waals surface area (Å²) in [4.78, 5) is 16.7. The van der Waals surface area contributed by atoms with Gasteiger partial charge >= 0.3 is 0 Å². The lowest BCUT2D eigenvalue weighted by Gasteiger charge is -2.02. The lowest BCUT2D eigenvalue weighted by Crippen LogP contribution is -2.16. The molecule has 0 fully saturated rings. The third kappa shape index (κ3) is 2.58. The first-order valence-corrected chi connectivity index (χ1v) is 7.66. The second kappa shape index (κ2) is 5.73. The van der Waals surface area contributed by atoms with Gasteiger partial charge in [-0.2, -0.15) is 4.99 Å². The maximum atomic E-state index is 11.8. The zero-order valence-electron chi connectivity index (χ0n) is 11.8. The molecule has 3 rings (SSSR count). The molecule has 2 heterocycles. The van der Waals surface area contributed by atoms with Crippen LogP contribution < -0.4 is 14.3 Å². The van der Waals surface area contributed by atoms with Gasteiger partial charge in [0.1, 0.15) is 0 Å². The van der Waals surface area contributed by atoms with E-state index in [-0.39, 0.29) is 12.7 Å². The summed E-state index contributed by atoms with van der Waals surface area (Å²) in [6.07, 6.45) is 3.05. The van der Waals surface area contributed by atoms with Gasteiger partial charge in [0.05, 0.1) is 10.2 Å². The number of nitrogens with zero attached hydrogens (tertiary/aromatic N) is 2. The summed E-state index contributed by atoms with van der Waals surface area (Å²) in [5, 5.41) is 0. The van der Waals surface area contributed by atoms with Gasteiger partial charge in [-0.1, -0.05) is 24.3 Å². The van der Waals surface area contributed by atoms with Crippen LogP contribution in [0.4, 0.5) is 0 Å². The molecule has 6 heteroatoms. The molecule has 0 spiro atoms. The van der Waals surface area contributed by atoms with Crippen LogP contribution in [0.25, 0.3) is 10.2 Å². The summed E-state index contributed by atoms with van der Waals surface area (Å²) in [5.41, 5.74) is 0.979. The zero-order valence-corrected chi connectivity index (χ0v) is 12.6. The molecule has 1 aliphatic rings. The molecule has 0 saturated heterocycles. The smallest absolute Gasteiger partial charge is 0.248 e. The van der Waals surface area contributed by atoms with E-state index in [0.29, 0.717) is 17.8 Å². The zero-order chi connectivity index (χ0) is 14.8. The van der Waals surface area contributed by atoms with E-state index < -0.39 is 0 Å². The fourth-order valence-electron chi connectivity index (χ4n) is 2.23. The highest BCUT2D eigenvalue weighted by Crippen LogP contribution is 2.36. The van der Waals surface area contributed by atoms with Gasteiger partial charge in [-0.05, 0) is 6.42 Å². The molecule has 0 aliphatic carbocycles. The maximum absolute atomic E-state index is 11.8. The molecule has 0 radical (unpaired) electrons. The molecule has 0 bridgehead atoms. The van der Waals surface area contributed by atoms with E-state index in [2.05, 4.69) is 11.6 Å². The van der Waals surface area contributed by atoms with Crippen LogP contribution >= 0.6 is 11.3 Å². The molecule has 1 aromatic heterocycles. The number of hydrogen-bond donors (Lipinski definition) is 0. The van der Waals surface area contributed by atoms with Crippen LogP contribution in [0, 0.1) is 0 Å².